The minimum absolute atomic E-state index is 0.0972. The van der Waals surface area contributed by atoms with Gasteiger partial charge in [-0.15, -0.1) is 0 Å². The second-order valence-corrected chi connectivity index (χ2v) is 3.37. The Morgan fingerprint density at radius 3 is 2.50 bits per heavy atom. The molecule has 0 atom stereocenters. The van der Waals surface area contributed by atoms with Crippen molar-refractivity contribution in [1.29, 1.82) is 0 Å². The van der Waals surface area contributed by atoms with Crippen molar-refractivity contribution in [2.75, 3.05) is 20.8 Å². The molecular formula is C11H16N2O5. The van der Waals surface area contributed by atoms with Crippen LogP contribution < -0.4 is 10.6 Å². The van der Waals surface area contributed by atoms with Crippen LogP contribution in [0.3, 0.4) is 0 Å². The van der Waals surface area contributed by atoms with E-state index in [1.54, 1.807) is 12.1 Å². The Labute approximate surface area is 104 Å². The van der Waals surface area contributed by atoms with Gasteiger partial charge in [-0.1, -0.05) is 0 Å². The van der Waals surface area contributed by atoms with Gasteiger partial charge in [-0.2, -0.15) is 0 Å². The lowest BCUT2D eigenvalue weighted by molar-refractivity contribution is -0.141. The van der Waals surface area contributed by atoms with E-state index in [2.05, 4.69) is 10.6 Å². The molecule has 0 aliphatic heterocycles. The van der Waals surface area contributed by atoms with Gasteiger partial charge >= 0.3 is 11.8 Å². The van der Waals surface area contributed by atoms with Crippen molar-refractivity contribution in [2.24, 2.45) is 0 Å². The molecule has 0 saturated carbocycles. The van der Waals surface area contributed by atoms with Crippen LogP contribution >= 0.6 is 0 Å². The van der Waals surface area contributed by atoms with Gasteiger partial charge in [0.2, 0.25) is 0 Å². The Morgan fingerprint density at radius 1 is 1.28 bits per heavy atom. The summed E-state index contributed by atoms with van der Waals surface area (Å²) in [7, 11) is 2.88. The molecule has 0 aromatic carbocycles. The first-order valence-electron chi connectivity index (χ1n) is 5.31. The Bertz CT molecular complexity index is 373. The SMILES string of the molecule is COC(CNC(=O)C(=O)NCc1ccco1)OC. The minimum atomic E-state index is -0.749. The number of furan rings is 1. The van der Waals surface area contributed by atoms with E-state index in [-0.39, 0.29) is 13.1 Å². The number of nitrogens with one attached hydrogen (secondary N) is 2. The van der Waals surface area contributed by atoms with Gasteiger partial charge in [0, 0.05) is 14.2 Å². The number of hydrogen-bond acceptors (Lipinski definition) is 5. The van der Waals surface area contributed by atoms with E-state index < -0.39 is 18.1 Å². The maximum absolute atomic E-state index is 11.4. The molecule has 0 aliphatic rings. The molecule has 0 unspecified atom stereocenters. The lowest BCUT2D eigenvalue weighted by Crippen LogP contribution is -2.43. The van der Waals surface area contributed by atoms with E-state index in [1.165, 1.54) is 20.5 Å². The summed E-state index contributed by atoms with van der Waals surface area (Å²) >= 11 is 0. The average molecular weight is 256 g/mol. The van der Waals surface area contributed by atoms with Gasteiger partial charge in [-0.25, -0.2) is 0 Å². The third-order valence-electron chi connectivity index (χ3n) is 2.16. The average Bonchev–Trinajstić information content (AvgIpc) is 2.90. The van der Waals surface area contributed by atoms with Crippen molar-refractivity contribution >= 4 is 11.8 Å². The van der Waals surface area contributed by atoms with Gasteiger partial charge in [0.25, 0.3) is 0 Å². The lowest BCUT2D eigenvalue weighted by atomic mass is 10.4. The summed E-state index contributed by atoms with van der Waals surface area (Å²) in [6, 6.07) is 3.40. The van der Waals surface area contributed by atoms with Crippen LogP contribution in [0.2, 0.25) is 0 Å². The quantitative estimate of drug-likeness (QED) is 0.535. The van der Waals surface area contributed by atoms with Crippen molar-refractivity contribution in [1.82, 2.24) is 10.6 Å². The fourth-order valence-electron chi connectivity index (χ4n) is 1.18. The summed E-state index contributed by atoms with van der Waals surface area (Å²) in [6.07, 6.45) is 0.912. The molecule has 7 heteroatoms. The molecule has 1 rings (SSSR count). The first-order chi connectivity index (χ1) is 8.67. The third kappa shape index (κ3) is 4.56. The topological polar surface area (TPSA) is 89.8 Å². The summed E-state index contributed by atoms with van der Waals surface area (Å²) in [4.78, 5) is 22.8. The first-order valence-corrected chi connectivity index (χ1v) is 5.31. The maximum atomic E-state index is 11.4. The van der Waals surface area contributed by atoms with Gasteiger partial charge in [-0.05, 0) is 12.1 Å². The molecule has 0 aliphatic carbocycles. The van der Waals surface area contributed by atoms with Crippen LogP contribution in [0.4, 0.5) is 0 Å². The molecule has 0 fully saturated rings. The predicted octanol–water partition coefficient (Wildman–Crippen LogP) is -0.369. The van der Waals surface area contributed by atoms with Crippen LogP contribution in [0.15, 0.2) is 22.8 Å². The van der Waals surface area contributed by atoms with Gasteiger partial charge in [0.05, 0.1) is 19.4 Å². The van der Waals surface area contributed by atoms with Crippen molar-refractivity contribution in [3.8, 4) is 0 Å². The highest BCUT2D eigenvalue weighted by molar-refractivity contribution is 6.35. The number of methoxy groups -OCH3 is 2. The number of hydrogen-bond donors (Lipinski definition) is 2. The highest BCUT2D eigenvalue weighted by Crippen LogP contribution is 1.98. The number of rotatable bonds is 6. The second-order valence-electron chi connectivity index (χ2n) is 3.37. The molecule has 0 radical (unpaired) electrons. The molecule has 2 amide bonds. The number of carbonyl (C=O) groups excluding carboxylic acids is 2. The van der Waals surface area contributed by atoms with Gasteiger partial charge in [0.1, 0.15) is 5.76 Å². The summed E-state index contributed by atoms with van der Waals surface area (Å²) in [5.74, 6) is -0.916. The van der Waals surface area contributed by atoms with Crippen LogP contribution in [0.1, 0.15) is 5.76 Å². The lowest BCUT2D eigenvalue weighted by Gasteiger charge is -2.13. The third-order valence-corrected chi connectivity index (χ3v) is 2.16. The number of amides is 2. The Morgan fingerprint density at radius 2 is 1.94 bits per heavy atom. The van der Waals surface area contributed by atoms with E-state index in [0.29, 0.717) is 5.76 Å². The molecule has 7 nitrogen and oxygen atoms in total. The van der Waals surface area contributed by atoms with Gasteiger partial charge < -0.3 is 24.5 Å². The minimum Gasteiger partial charge on any atom is -0.467 e. The normalized spacial score (nSPS) is 10.4. The van der Waals surface area contributed by atoms with E-state index in [4.69, 9.17) is 13.9 Å². The Balaban J connectivity index is 2.26. The van der Waals surface area contributed by atoms with E-state index in [0.717, 1.165) is 0 Å². The molecule has 1 aromatic heterocycles. The fraction of sp³-hybridized carbons (Fsp3) is 0.455. The smallest absolute Gasteiger partial charge is 0.309 e. The molecule has 2 N–H and O–H groups in total. The molecule has 18 heavy (non-hydrogen) atoms. The molecule has 0 saturated heterocycles. The summed E-state index contributed by atoms with van der Waals surface area (Å²) in [5, 5.41) is 4.80. The molecule has 0 spiro atoms. The second kappa shape index (κ2) is 7.46. The zero-order valence-electron chi connectivity index (χ0n) is 10.3. The molecule has 1 aromatic rings. The van der Waals surface area contributed by atoms with E-state index in [9.17, 15) is 9.59 Å². The highest BCUT2D eigenvalue weighted by atomic mass is 16.7. The van der Waals surface area contributed by atoms with Crippen molar-refractivity contribution in [3.05, 3.63) is 24.2 Å². The van der Waals surface area contributed by atoms with E-state index in [1.807, 2.05) is 0 Å². The van der Waals surface area contributed by atoms with Crippen LogP contribution in [0, 0.1) is 0 Å². The standard InChI is InChI=1S/C11H16N2O5/c1-16-9(17-2)7-13-11(15)10(14)12-6-8-4-3-5-18-8/h3-5,9H,6-7H2,1-2H3,(H,12,14)(H,13,15). The monoisotopic (exact) mass is 256 g/mol. The van der Waals surface area contributed by atoms with Crippen LogP contribution in [0.25, 0.3) is 0 Å². The Hall–Kier alpha value is -1.86. The van der Waals surface area contributed by atoms with Gasteiger partial charge in [0.15, 0.2) is 6.29 Å². The Kier molecular flexibility index (Phi) is 5.89. The van der Waals surface area contributed by atoms with Gasteiger partial charge in [-0.3, -0.25) is 9.59 Å². The summed E-state index contributed by atoms with van der Waals surface area (Å²) in [5.41, 5.74) is 0. The van der Waals surface area contributed by atoms with Crippen LogP contribution in [-0.2, 0) is 25.6 Å². The molecular weight excluding hydrogens is 240 g/mol. The summed E-state index contributed by atoms with van der Waals surface area (Å²) in [6.45, 7) is 0.261. The number of ether oxygens (including phenoxy) is 2. The predicted molar refractivity (Wildman–Crippen MR) is 61.4 cm³/mol. The van der Waals surface area contributed by atoms with Crippen molar-refractivity contribution in [2.45, 2.75) is 12.8 Å². The summed E-state index contributed by atoms with van der Waals surface area (Å²) < 4.78 is 14.7. The largest absolute Gasteiger partial charge is 0.467 e. The van der Waals surface area contributed by atoms with Crippen LogP contribution in [0.5, 0.6) is 0 Å². The van der Waals surface area contributed by atoms with Crippen molar-refractivity contribution < 1.29 is 23.5 Å². The number of carbonyl (C=O) groups is 2. The first kappa shape index (κ1) is 14.2. The maximum Gasteiger partial charge on any atom is 0.309 e. The van der Waals surface area contributed by atoms with Crippen molar-refractivity contribution in [3.63, 3.8) is 0 Å². The zero-order valence-corrected chi connectivity index (χ0v) is 10.3. The fourth-order valence-corrected chi connectivity index (χ4v) is 1.18. The molecule has 1 heterocycles. The zero-order chi connectivity index (χ0) is 13.4. The van der Waals surface area contributed by atoms with E-state index >= 15 is 0 Å². The molecule has 100 valence electrons. The molecule has 0 bridgehead atoms. The highest BCUT2D eigenvalue weighted by Gasteiger charge is 2.15. The van der Waals surface area contributed by atoms with Crippen LogP contribution in [-0.4, -0.2) is 38.9 Å².